The van der Waals surface area contributed by atoms with Gasteiger partial charge in [0.1, 0.15) is 11.8 Å². The van der Waals surface area contributed by atoms with Gasteiger partial charge >= 0.3 is 0 Å². The molecule has 6 heteroatoms. The maximum Gasteiger partial charge on any atom is 0.117 e. The molecule has 0 spiro atoms. The number of thiophene rings is 1. The SMILES string of the molecule is N#Cc1cc(CN2CCC[C@]3(CO)CCN(Cc4ccsc4)C[C@H]23)c[nH]1. The fourth-order valence-electron chi connectivity index (χ4n) is 4.73. The molecule has 0 radical (unpaired) electrons. The summed E-state index contributed by atoms with van der Waals surface area (Å²) in [6, 6.07) is 6.69. The van der Waals surface area contributed by atoms with Gasteiger partial charge in [-0.25, -0.2) is 0 Å². The molecule has 0 aromatic carbocycles. The van der Waals surface area contributed by atoms with E-state index in [1.807, 2.05) is 12.3 Å². The highest BCUT2D eigenvalue weighted by molar-refractivity contribution is 7.07. The summed E-state index contributed by atoms with van der Waals surface area (Å²) in [4.78, 5) is 8.10. The number of likely N-dealkylation sites (tertiary alicyclic amines) is 2. The van der Waals surface area contributed by atoms with Gasteiger partial charge in [0.05, 0.1) is 6.61 Å². The highest BCUT2D eigenvalue weighted by Crippen LogP contribution is 2.42. The Labute approximate surface area is 158 Å². The fourth-order valence-corrected chi connectivity index (χ4v) is 5.39. The Morgan fingerprint density at radius 3 is 2.96 bits per heavy atom. The molecular weight excluding hydrogens is 344 g/mol. The van der Waals surface area contributed by atoms with Gasteiger partial charge in [-0.3, -0.25) is 9.80 Å². The van der Waals surface area contributed by atoms with Crippen molar-refractivity contribution in [2.24, 2.45) is 5.41 Å². The van der Waals surface area contributed by atoms with Crippen LogP contribution >= 0.6 is 11.3 Å². The van der Waals surface area contributed by atoms with E-state index in [9.17, 15) is 5.11 Å². The molecule has 2 aliphatic rings. The smallest absolute Gasteiger partial charge is 0.117 e. The normalized spacial score (nSPS) is 27.2. The van der Waals surface area contributed by atoms with Crippen molar-refractivity contribution in [3.05, 3.63) is 45.9 Å². The Hall–Kier alpha value is -1.65. The van der Waals surface area contributed by atoms with Crippen molar-refractivity contribution in [3.8, 4) is 6.07 Å². The summed E-state index contributed by atoms with van der Waals surface area (Å²) < 4.78 is 0. The van der Waals surface area contributed by atoms with Crippen LogP contribution in [0.5, 0.6) is 0 Å². The van der Waals surface area contributed by atoms with Crippen LogP contribution < -0.4 is 0 Å². The summed E-state index contributed by atoms with van der Waals surface area (Å²) in [5.41, 5.74) is 3.19. The van der Waals surface area contributed by atoms with Gasteiger partial charge in [0.25, 0.3) is 0 Å². The maximum atomic E-state index is 10.3. The third kappa shape index (κ3) is 3.45. The van der Waals surface area contributed by atoms with E-state index in [0.29, 0.717) is 11.7 Å². The largest absolute Gasteiger partial charge is 0.396 e. The number of aliphatic hydroxyl groups excluding tert-OH is 1. The number of hydrogen-bond acceptors (Lipinski definition) is 5. The van der Waals surface area contributed by atoms with E-state index in [2.05, 4.69) is 37.7 Å². The van der Waals surface area contributed by atoms with E-state index in [1.54, 1.807) is 11.3 Å². The molecule has 0 aliphatic carbocycles. The average Bonchev–Trinajstić information content (AvgIpc) is 3.34. The molecule has 2 aromatic heterocycles. The first-order valence-electron chi connectivity index (χ1n) is 9.38. The molecule has 2 fully saturated rings. The fraction of sp³-hybridized carbons (Fsp3) is 0.550. The predicted molar refractivity (Wildman–Crippen MR) is 103 cm³/mol. The number of aromatic amines is 1. The van der Waals surface area contributed by atoms with Gasteiger partial charge in [0.15, 0.2) is 0 Å². The highest BCUT2D eigenvalue weighted by atomic mass is 32.1. The van der Waals surface area contributed by atoms with Crippen LogP contribution in [0.25, 0.3) is 0 Å². The van der Waals surface area contributed by atoms with Crippen LogP contribution in [-0.4, -0.2) is 52.2 Å². The lowest BCUT2D eigenvalue weighted by Gasteiger charge is -2.54. The number of piperidine rings is 2. The molecule has 0 bridgehead atoms. The standard InChI is InChI=1S/C20H26N4OS/c21-9-18-8-17(10-22-18)12-24-5-1-3-20(15-25)4-6-23(13-19(20)24)11-16-2-7-26-14-16/h2,7-8,10,14,19,22,25H,1,3-6,11-13,15H2/t19-,20+/m0/s1. The van der Waals surface area contributed by atoms with Gasteiger partial charge < -0.3 is 10.1 Å². The number of nitrogens with one attached hydrogen (secondary N) is 1. The van der Waals surface area contributed by atoms with Crippen LogP contribution in [-0.2, 0) is 13.1 Å². The monoisotopic (exact) mass is 370 g/mol. The van der Waals surface area contributed by atoms with Gasteiger partial charge in [-0.2, -0.15) is 16.6 Å². The number of hydrogen-bond donors (Lipinski definition) is 2. The molecule has 5 nitrogen and oxygen atoms in total. The number of rotatable bonds is 5. The predicted octanol–water partition coefficient (Wildman–Crippen LogP) is 2.80. The van der Waals surface area contributed by atoms with Gasteiger partial charge in [-0.15, -0.1) is 0 Å². The number of aliphatic hydroxyl groups is 1. The van der Waals surface area contributed by atoms with E-state index in [1.165, 1.54) is 5.56 Å². The number of aromatic nitrogens is 1. The highest BCUT2D eigenvalue weighted by Gasteiger charge is 2.47. The first-order valence-corrected chi connectivity index (χ1v) is 10.3. The van der Waals surface area contributed by atoms with E-state index in [4.69, 9.17) is 5.26 Å². The quantitative estimate of drug-likeness (QED) is 0.849. The molecule has 2 atom stereocenters. The van der Waals surface area contributed by atoms with Crippen molar-refractivity contribution in [3.63, 3.8) is 0 Å². The third-order valence-corrected chi connectivity index (χ3v) is 6.91. The van der Waals surface area contributed by atoms with Crippen molar-refractivity contribution in [1.29, 1.82) is 5.26 Å². The molecule has 4 rings (SSSR count). The van der Waals surface area contributed by atoms with Gasteiger partial charge in [0.2, 0.25) is 0 Å². The first-order chi connectivity index (χ1) is 12.7. The van der Waals surface area contributed by atoms with Crippen molar-refractivity contribution < 1.29 is 5.11 Å². The first kappa shape index (κ1) is 17.7. The Morgan fingerprint density at radius 1 is 1.31 bits per heavy atom. The Bertz CT molecular complexity index is 765. The van der Waals surface area contributed by atoms with Crippen LogP contribution in [0.15, 0.2) is 29.1 Å². The number of fused-ring (bicyclic) bond motifs is 1. The molecule has 0 unspecified atom stereocenters. The zero-order valence-corrected chi connectivity index (χ0v) is 15.8. The second kappa shape index (κ2) is 7.53. The summed E-state index contributed by atoms with van der Waals surface area (Å²) in [6.07, 6.45) is 5.26. The van der Waals surface area contributed by atoms with E-state index < -0.39 is 0 Å². The molecular formula is C20H26N4OS. The van der Waals surface area contributed by atoms with Crippen molar-refractivity contribution in [2.75, 3.05) is 26.2 Å². The molecule has 2 saturated heterocycles. The van der Waals surface area contributed by atoms with E-state index in [0.717, 1.165) is 57.5 Å². The van der Waals surface area contributed by atoms with Crippen molar-refractivity contribution in [1.82, 2.24) is 14.8 Å². The maximum absolute atomic E-state index is 10.3. The number of nitrogens with zero attached hydrogens (tertiary/aromatic N) is 3. The summed E-state index contributed by atoms with van der Waals surface area (Å²) in [7, 11) is 0. The lowest BCUT2D eigenvalue weighted by atomic mass is 9.69. The molecule has 2 N–H and O–H groups in total. The summed E-state index contributed by atoms with van der Waals surface area (Å²) in [5.74, 6) is 0. The van der Waals surface area contributed by atoms with Crippen LogP contribution in [0.2, 0.25) is 0 Å². The Morgan fingerprint density at radius 2 is 2.23 bits per heavy atom. The molecule has 0 amide bonds. The Balaban J connectivity index is 1.51. The third-order valence-electron chi connectivity index (χ3n) is 6.17. The summed E-state index contributed by atoms with van der Waals surface area (Å²) >= 11 is 1.75. The van der Waals surface area contributed by atoms with Gasteiger partial charge in [-0.05, 0) is 66.4 Å². The molecule has 2 aliphatic heterocycles. The van der Waals surface area contributed by atoms with Crippen LogP contribution in [0, 0.1) is 16.7 Å². The van der Waals surface area contributed by atoms with Crippen LogP contribution in [0.1, 0.15) is 36.1 Å². The minimum absolute atomic E-state index is 0.0256. The minimum Gasteiger partial charge on any atom is -0.396 e. The molecule has 26 heavy (non-hydrogen) atoms. The second-order valence-corrected chi connectivity index (χ2v) is 8.54. The lowest BCUT2D eigenvalue weighted by molar-refractivity contribution is -0.0808. The van der Waals surface area contributed by atoms with Gasteiger partial charge in [-0.1, -0.05) is 0 Å². The van der Waals surface area contributed by atoms with E-state index >= 15 is 0 Å². The zero-order valence-electron chi connectivity index (χ0n) is 15.0. The number of H-pyrrole nitrogens is 1. The number of nitriles is 1. The van der Waals surface area contributed by atoms with Crippen molar-refractivity contribution >= 4 is 11.3 Å². The molecule has 2 aromatic rings. The topological polar surface area (TPSA) is 66.3 Å². The summed E-state index contributed by atoms with van der Waals surface area (Å²) in [5, 5.41) is 23.7. The Kier molecular flexibility index (Phi) is 5.14. The van der Waals surface area contributed by atoms with Gasteiger partial charge in [0, 0.05) is 37.3 Å². The minimum atomic E-state index is 0.0256. The van der Waals surface area contributed by atoms with Crippen LogP contribution in [0.4, 0.5) is 0 Å². The zero-order chi connectivity index (χ0) is 18.0. The van der Waals surface area contributed by atoms with E-state index in [-0.39, 0.29) is 12.0 Å². The van der Waals surface area contributed by atoms with Crippen molar-refractivity contribution in [2.45, 2.75) is 38.4 Å². The lowest BCUT2D eigenvalue weighted by Crippen LogP contribution is -2.62. The summed E-state index contributed by atoms with van der Waals surface area (Å²) in [6.45, 7) is 5.24. The van der Waals surface area contributed by atoms with Crippen LogP contribution in [0.3, 0.4) is 0 Å². The average molecular weight is 371 g/mol. The molecule has 4 heterocycles. The second-order valence-electron chi connectivity index (χ2n) is 7.76. The molecule has 138 valence electrons. The molecule has 0 saturated carbocycles.